The molecule has 0 aliphatic heterocycles. The smallest absolute Gasteiger partial charge is 0.116 e. The Kier molecular flexibility index (Phi) is 3.54. The minimum Gasteiger partial charge on any atom is -0.508 e. The minimum absolute atomic E-state index is 0.189. The molecule has 2 N–H and O–H groups in total. The second kappa shape index (κ2) is 4.90. The van der Waals surface area contributed by atoms with E-state index in [0.717, 1.165) is 24.2 Å². The number of phenols is 1. The van der Waals surface area contributed by atoms with Gasteiger partial charge >= 0.3 is 0 Å². The molecule has 0 bridgehead atoms. The average Bonchev–Trinajstić information content (AvgIpc) is 2.22. The first-order valence-corrected chi connectivity index (χ1v) is 6.27. The normalized spacial score (nSPS) is 26.5. The van der Waals surface area contributed by atoms with Crippen molar-refractivity contribution in [1.82, 2.24) is 0 Å². The zero-order chi connectivity index (χ0) is 10.7. The molecule has 0 spiro atoms. The Balaban J connectivity index is 2.01. The molecule has 1 aliphatic rings. The zero-order valence-corrected chi connectivity index (χ0v) is 9.41. The topological polar surface area (TPSA) is 40.5 Å². The van der Waals surface area contributed by atoms with Crippen LogP contribution in [0.2, 0.25) is 0 Å². The number of phenolic OH excluding ortho intramolecular Hbond substituents is 1. The fourth-order valence-corrected chi connectivity index (χ4v) is 3.22. The highest BCUT2D eigenvalue weighted by Crippen LogP contribution is 2.34. The summed E-state index contributed by atoms with van der Waals surface area (Å²) in [6.45, 7) is 0. The Morgan fingerprint density at radius 2 is 2.00 bits per heavy atom. The molecule has 0 amide bonds. The van der Waals surface area contributed by atoms with E-state index in [2.05, 4.69) is 0 Å². The summed E-state index contributed by atoms with van der Waals surface area (Å²) in [7, 11) is 0. The molecule has 2 rings (SSSR count). The molecule has 2 nitrogen and oxygen atoms in total. The van der Waals surface area contributed by atoms with Gasteiger partial charge in [0.2, 0.25) is 0 Å². The summed E-state index contributed by atoms with van der Waals surface area (Å²) in [5, 5.41) is 19.4. The summed E-state index contributed by atoms with van der Waals surface area (Å²) in [6, 6.07) is 7.24. The van der Waals surface area contributed by atoms with Crippen molar-refractivity contribution in [3.05, 3.63) is 24.3 Å². The van der Waals surface area contributed by atoms with Crippen molar-refractivity contribution in [2.45, 2.75) is 41.9 Å². The molecule has 0 saturated heterocycles. The number of aromatic hydroxyl groups is 1. The molecule has 2 atom stereocenters. The zero-order valence-electron chi connectivity index (χ0n) is 8.60. The van der Waals surface area contributed by atoms with Crippen molar-refractivity contribution in [2.24, 2.45) is 0 Å². The Bertz CT molecular complexity index is 327. The predicted molar refractivity (Wildman–Crippen MR) is 62.2 cm³/mol. The summed E-state index contributed by atoms with van der Waals surface area (Å²) in [5.41, 5.74) is 0. The number of thioether (sulfide) groups is 1. The fourth-order valence-electron chi connectivity index (χ4n) is 1.95. The lowest BCUT2D eigenvalue weighted by molar-refractivity contribution is 0.137. The van der Waals surface area contributed by atoms with Gasteiger partial charge < -0.3 is 10.2 Å². The molecule has 1 aromatic carbocycles. The molecule has 3 heteroatoms. The molecule has 82 valence electrons. The number of benzene rings is 1. The van der Waals surface area contributed by atoms with Crippen molar-refractivity contribution in [3.63, 3.8) is 0 Å². The second-order valence-electron chi connectivity index (χ2n) is 4.01. The highest BCUT2D eigenvalue weighted by Gasteiger charge is 2.23. The van der Waals surface area contributed by atoms with Crippen molar-refractivity contribution in [3.8, 4) is 5.75 Å². The number of hydrogen-bond acceptors (Lipinski definition) is 3. The average molecular weight is 224 g/mol. The van der Waals surface area contributed by atoms with Crippen LogP contribution < -0.4 is 0 Å². The van der Waals surface area contributed by atoms with Crippen LogP contribution in [0.15, 0.2) is 29.2 Å². The molecular formula is C12H16O2S. The van der Waals surface area contributed by atoms with Gasteiger partial charge in [0.05, 0.1) is 6.10 Å². The summed E-state index contributed by atoms with van der Waals surface area (Å²) < 4.78 is 0. The molecule has 1 fully saturated rings. The van der Waals surface area contributed by atoms with Crippen LogP contribution in [0.4, 0.5) is 0 Å². The van der Waals surface area contributed by atoms with E-state index in [0.29, 0.717) is 11.0 Å². The van der Waals surface area contributed by atoms with E-state index in [1.165, 1.54) is 6.42 Å². The van der Waals surface area contributed by atoms with Crippen LogP contribution in [0, 0.1) is 0 Å². The van der Waals surface area contributed by atoms with Crippen LogP contribution in [0.1, 0.15) is 25.7 Å². The van der Waals surface area contributed by atoms with Gasteiger partial charge in [0.25, 0.3) is 0 Å². The van der Waals surface area contributed by atoms with E-state index in [9.17, 15) is 10.2 Å². The third kappa shape index (κ3) is 2.89. The van der Waals surface area contributed by atoms with Gasteiger partial charge in [-0.2, -0.15) is 0 Å². The number of aliphatic hydroxyl groups is 1. The van der Waals surface area contributed by atoms with Gasteiger partial charge in [-0.25, -0.2) is 0 Å². The lowest BCUT2D eigenvalue weighted by Crippen LogP contribution is -2.26. The van der Waals surface area contributed by atoms with E-state index in [4.69, 9.17) is 0 Å². The van der Waals surface area contributed by atoms with E-state index in [1.54, 1.807) is 23.9 Å². The third-order valence-corrected chi connectivity index (χ3v) is 4.15. The fraction of sp³-hybridized carbons (Fsp3) is 0.500. The van der Waals surface area contributed by atoms with Gasteiger partial charge in [0.1, 0.15) is 5.75 Å². The Labute approximate surface area is 94.3 Å². The van der Waals surface area contributed by atoms with E-state index < -0.39 is 0 Å². The van der Waals surface area contributed by atoms with Gasteiger partial charge in [0, 0.05) is 10.1 Å². The Hall–Kier alpha value is -0.670. The molecule has 0 unspecified atom stereocenters. The van der Waals surface area contributed by atoms with Gasteiger partial charge in [-0.15, -0.1) is 11.8 Å². The molecule has 15 heavy (non-hydrogen) atoms. The number of hydrogen-bond donors (Lipinski definition) is 2. The molecule has 0 aromatic heterocycles. The van der Waals surface area contributed by atoms with Gasteiger partial charge in [-0.1, -0.05) is 18.9 Å². The number of rotatable bonds is 2. The Morgan fingerprint density at radius 3 is 2.73 bits per heavy atom. The van der Waals surface area contributed by atoms with E-state index in [-0.39, 0.29) is 6.10 Å². The maximum absolute atomic E-state index is 9.82. The summed E-state index contributed by atoms with van der Waals surface area (Å²) >= 11 is 1.68. The molecule has 0 radical (unpaired) electrons. The first-order chi connectivity index (χ1) is 7.25. The summed E-state index contributed by atoms with van der Waals surface area (Å²) in [5.74, 6) is 0.297. The third-order valence-electron chi connectivity index (χ3n) is 2.77. The lowest BCUT2D eigenvalue weighted by Gasteiger charge is -2.26. The maximum Gasteiger partial charge on any atom is 0.116 e. The second-order valence-corrected chi connectivity index (χ2v) is 5.32. The predicted octanol–water partition coefficient (Wildman–Crippen LogP) is 2.79. The lowest BCUT2D eigenvalue weighted by atomic mass is 9.97. The Morgan fingerprint density at radius 1 is 1.20 bits per heavy atom. The summed E-state index contributed by atoms with van der Waals surface area (Å²) in [6.07, 6.45) is 4.13. The quantitative estimate of drug-likeness (QED) is 0.811. The minimum atomic E-state index is -0.189. The van der Waals surface area contributed by atoms with E-state index >= 15 is 0 Å². The standard InChI is InChI=1S/C12H16O2S/c13-9-4-3-5-10(8-9)15-12-7-2-1-6-11(12)14/h3-5,8,11-14H,1-2,6-7H2/t11-,12-/m1/s1. The highest BCUT2D eigenvalue weighted by molar-refractivity contribution is 8.00. The SMILES string of the molecule is Oc1cccc(S[C@@H]2CCCC[C@H]2O)c1. The van der Waals surface area contributed by atoms with Crippen LogP contribution in [-0.4, -0.2) is 21.6 Å². The van der Waals surface area contributed by atoms with Gasteiger partial charge in [0.15, 0.2) is 0 Å². The van der Waals surface area contributed by atoms with Crippen LogP contribution >= 0.6 is 11.8 Å². The van der Waals surface area contributed by atoms with Gasteiger partial charge in [-0.05, 0) is 31.0 Å². The maximum atomic E-state index is 9.82. The van der Waals surface area contributed by atoms with Crippen molar-refractivity contribution >= 4 is 11.8 Å². The highest BCUT2D eigenvalue weighted by atomic mass is 32.2. The van der Waals surface area contributed by atoms with Crippen LogP contribution in [0.25, 0.3) is 0 Å². The van der Waals surface area contributed by atoms with Crippen LogP contribution in [0.5, 0.6) is 5.75 Å². The molecule has 1 saturated carbocycles. The summed E-state index contributed by atoms with van der Waals surface area (Å²) in [4.78, 5) is 1.04. The number of aliphatic hydroxyl groups excluding tert-OH is 1. The van der Waals surface area contributed by atoms with Gasteiger partial charge in [-0.3, -0.25) is 0 Å². The molecule has 1 aliphatic carbocycles. The van der Waals surface area contributed by atoms with Crippen molar-refractivity contribution in [2.75, 3.05) is 0 Å². The largest absolute Gasteiger partial charge is 0.508 e. The molecular weight excluding hydrogens is 208 g/mol. The van der Waals surface area contributed by atoms with E-state index in [1.807, 2.05) is 12.1 Å². The molecule has 0 heterocycles. The van der Waals surface area contributed by atoms with Crippen molar-refractivity contribution in [1.29, 1.82) is 0 Å². The van der Waals surface area contributed by atoms with Crippen LogP contribution in [0.3, 0.4) is 0 Å². The molecule has 1 aromatic rings. The first-order valence-electron chi connectivity index (χ1n) is 5.39. The monoisotopic (exact) mass is 224 g/mol. The van der Waals surface area contributed by atoms with Crippen molar-refractivity contribution < 1.29 is 10.2 Å². The van der Waals surface area contributed by atoms with Crippen LogP contribution in [-0.2, 0) is 0 Å². The first kappa shape index (κ1) is 10.8.